The monoisotopic (exact) mass is 436 g/mol. The van der Waals surface area contributed by atoms with Crippen molar-refractivity contribution in [1.82, 2.24) is 9.88 Å². The lowest BCUT2D eigenvalue weighted by molar-refractivity contribution is 0.0691. The van der Waals surface area contributed by atoms with Crippen LogP contribution in [-0.2, 0) is 6.54 Å². The summed E-state index contributed by atoms with van der Waals surface area (Å²) in [7, 11) is 1.70. The van der Waals surface area contributed by atoms with Gasteiger partial charge in [0, 0.05) is 35.2 Å². The number of nitrogens with zero attached hydrogens (tertiary/aromatic N) is 1. The van der Waals surface area contributed by atoms with Gasteiger partial charge < -0.3 is 14.8 Å². The Labute approximate surface area is 187 Å². The van der Waals surface area contributed by atoms with Gasteiger partial charge in [0.1, 0.15) is 11.6 Å². The number of methoxy groups -OCH3 is 1. The molecule has 1 aromatic heterocycles. The minimum Gasteiger partial charge on any atom is -0.496 e. The predicted octanol–water partition coefficient (Wildman–Crippen LogP) is 5.69. The normalized spacial score (nSPS) is 21.7. The highest BCUT2D eigenvalue weighted by atomic mass is 19.1. The van der Waals surface area contributed by atoms with Gasteiger partial charge in [-0.1, -0.05) is 6.07 Å². The van der Waals surface area contributed by atoms with Gasteiger partial charge in [-0.15, -0.1) is 0 Å². The van der Waals surface area contributed by atoms with E-state index >= 15 is 0 Å². The molecule has 6 heteroatoms. The zero-order valence-corrected chi connectivity index (χ0v) is 18.5. The molecule has 2 aliphatic rings. The van der Waals surface area contributed by atoms with Crippen molar-refractivity contribution in [1.29, 1.82) is 0 Å². The van der Waals surface area contributed by atoms with E-state index < -0.39 is 11.8 Å². The molecule has 2 atom stereocenters. The number of aromatic carboxylic acids is 1. The van der Waals surface area contributed by atoms with Gasteiger partial charge in [0.2, 0.25) is 0 Å². The third kappa shape index (κ3) is 3.77. The summed E-state index contributed by atoms with van der Waals surface area (Å²) in [6, 6.07) is 8.83. The first-order valence-electron chi connectivity index (χ1n) is 11.4. The first-order chi connectivity index (χ1) is 15.5. The molecule has 2 heterocycles. The molecule has 168 valence electrons. The highest BCUT2D eigenvalue weighted by Crippen LogP contribution is 2.47. The van der Waals surface area contributed by atoms with E-state index in [1.165, 1.54) is 25.0 Å². The maximum atomic E-state index is 14.6. The van der Waals surface area contributed by atoms with Gasteiger partial charge in [-0.25, -0.2) is 9.18 Å². The van der Waals surface area contributed by atoms with Crippen LogP contribution in [0.4, 0.5) is 4.39 Å². The number of aromatic nitrogens is 1. The molecule has 3 aromatic rings. The van der Waals surface area contributed by atoms with Gasteiger partial charge in [-0.3, -0.25) is 4.90 Å². The van der Waals surface area contributed by atoms with E-state index in [0.29, 0.717) is 12.5 Å². The molecule has 5 rings (SSSR count). The van der Waals surface area contributed by atoms with Gasteiger partial charge in [-0.2, -0.15) is 0 Å². The highest BCUT2D eigenvalue weighted by Gasteiger charge is 2.38. The largest absolute Gasteiger partial charge is 0.496 e. The number of carbonyl (C=O) groups is 1. The molecule has 1 saturated heterocycles. The fourth-order valence-electron chi connectivity index (χ4n) is 5.47. The Balaban J connectivity index is 1.51. The number of nitrogens with one attached hydrogen (secondary N) is 1. The quantitative estimate of drug-likeness (QED) is 0.521. The van der Waals surface area contributed by atoms with Gasteiger partial charge in [0.05, 0.1) is 12.7 Å². The second-order valence-corrected chi connectivity index (χ2v) is 9.29. The van der Waals surface area contributed by atoms with Crippen molar-refractivity contribution >= 4 is 16.9 Å². The highest BCUT2D eigenvalue weighted by molar-refractivity contribution is 5.88. The molecule has 2 aromatic carbocycles. The number of hydrogen-bond donors (Lipinski definition) is 2. The number of ether oxygens (including phenoxy) is 1. The number of aromatic amines is 1. The van der Waals surface area contributed by atoms with E-state index in [1.54, 1.807) is 13.2 Å². The minimum atomic E-state index is -1.23. The third-order valence-corrected chi connectivity index (χ3v) is 7.34. The Morgan fingerprint density at radius 2 is 2.03 bits per heavy atom. The van der Waals surface area contributed by atoms with Crippen LogP contribution in [0.5, 0.6) is 5.75 Å². The topological polar surface area (TPSA) is 65.6 Å². The van der Waals surface area contributed by atoms with Crippen molar-refractivity contribution < 1.29 is 19.0 Å². The summed E-state index contributed by atoms with van der Waals surface area (Å²) in [5.41, 5.74) is 3.97. The molecule has 1 aliphatic carbocycles. The lowest BCUT2D eigenvalue weighted by Gasteiger charge is -2.40. The fourth-order valence-corrected chi connectivity index (χ4v) is 5.47. The molecule has 0 bridgehead atoms. The summed E-state index contributed by atoms with van der Waals surface area (Å²) < 4.78 is 20.3. The van der Waals surface area contributed by atoms with Crippen molar-refractivity contribution in [3.8, 4) is 5.75 Å². The molecule has 5 nitrogen and oxygen atoms in total. The van der Waals surface area contributed by atoms with Crippen molar-refractivity contribution in [2.24, 2.45) is 11.8 Å². The van der Waals surface area contributed by atoms with Gasteiger partial charge >= 0.3 is 5.97 Å². The summed E-state index contributed by atoms with van der Waals surface area (Å²) in [5, 5.41) is 10.4. The molecule has 1 aliphatic heterocycles. The lowest BCUT2D eigenvalue weighted by Crippen LogP contribution is -2.37. The number of carboxylic acids is 1. The molecule has 0 unspecified atom stereocenters. The van der Waals surface area contributed by atoms with Crippen LogP contribution in [0.3, 0.4) is 0 Å². The lowest BCUT2D eigenvalue weighted by atomic mass is 9.83. The summed E-state index contributed by atoms with van der Waals surface area (Å²) in [4.78, 5) is 17.0. The fraction of sp³-hybridized carbons (Fsp3) is 0.423. The van der Waals surface area contributed by atoms with Crippen LogP contribution in [0.25, 0.3) is 10.9 Å². The molecule has 0 radical (unpaired) electrons. The van der Waals surface area contributed by atoms with Crippen molar-refractivity contribution in [3.63, 3.8) is 0 Å². The molecular formula is C26H29FN2O3. The molecular weight excluding hydrogens is 407 g/mol. The number of halogens is 1. The molecule has 0 spiro atoms. The zero-order chi connectivity index (χ0) is 22.4. The van der Waals surface area contributed by atoms with E-state index in [0.717, 1.165) is 58.6 Å². The molecule has 2 N–H and O–H groups in total. The van der Waals surface area contributed by atoms with Crippen LogP contribution in [0.1, 0.15) is 58.8 Å². The molecule has 2 fully saturated rings. The maximum Gasteiger partial charge on any atom is 0.338 e. The molecule has 1 saturated carbocycles. The number of aryl methyl sites for hydroxylation is 1. The second-order valence-electron chi connectivity index (χ2n) is 9.29. The van der Waals surface area contributed by atoms with Crippen molar-refractivity contribution in [2.45, 2.75) is 45.2 Å². The Bertz CT molecular complexity index is 1170. The number of carboxylic acid groups (broad SMARTS) is 1. The summed E-state index contributed by atoms with van der Waals surface area (Å²) in [5.74, 6) is 0.401. The summed E-state index contributed by atoms with van der Waals surface area (Å²) in [6.45, 7) is 3.70. The van der Waals surface area contributed by atoms with E-state index in [2.05, 4.69) is 28.9 Å². The Hall–Kier alpha value is -2.86. The van der Waals surface area contributed by atoms with E-state index in [9.17, 15) is 14.3 Å². The van der Waals surface area contributed by atoms with Crippen LogP contribution in [0.2, 0.25) is 0 Å². The Morgan fingerprint density at radius 3 is 2.72 bits per heavy atom. The number of rotatable bonds is 6. The Morgan fingerprint density at radius 1 is 1.22 bits per heavy atom. The van der Waals surface area contributed by atoms with Crippen molar-refractivity contribution in [3.05, 3.63) is 64.6 Å². The van der Waals surface area contributed by atoms with Crippen LogP contribution in [0.15, 0.2) is 36.5 Å². The van der Waals surface area contributed by atoms with Crippen LogP contribution in [-0.4, -0.2) is 34.6 Å². The minimum absolute atomic E-state index is 0.0479. The van der Waals surface area contributed by atoms with Gasteiger partial charge in [0.15, 0.2) is 0 Å². The van der Waals surface area contributed by atoms with E-state index in [1.807, 2.05) is 6.20 Å². The number of piperidine rings is 1. The molecule has 0 amide bonds. The van der Waals surface area contributed by atoms with Crippen LogP contribution < -0.4 is 4.74 Å². The zero-order valence-electron chi connectivity index (χ0n) is 18.5. The summed E-state index contributed by atoms with van der Waals surface area (Å²) >= 11 is 0. The average Bonchev–Trinajstić information content (AvgIpc) is 3.51. The SMILES string of the molecule is COc1cc(C)c2[nH]ccc2c1CN1CC[C@@H](C2CC2)C[C@H]1c1ccc(C(=O)O)c(F)c1. The van der Waals surface area contributed by atoms with Gasteiger partial charge in [0.25, 0.3) is 0 Å². The van der Waals surface area contributed by atoms with E-state index in [-0.39, 0.29) is 11.6 Å². The predicted molar refractivity (Wildman–Crippen MR) is 122 cm³/mol. The number of H-pyrrole nitrogens is 1. The smallest absolute Gasteiger partial charge is 0.338 e. The second kappa shape index (κ2) is 8.24. The van der Waals surface area contributed by atoms with Crippen LogP contribution >= 0.6 is 0 Å². The maximum absolute atomic E-state index is 14.6. The van der Waals surface area contributed by atoms with Crippen LogP contribution in [0, 0.1) is 24.6 Å². The van der Waals surface area contributed by atoms with E-state index in [4.69, 9.17) is 4.74 Å². The summed E-state index contributed by atoms with van der Waals surface area (Å²) in [6.07, 6.45) is 6.65. The molecule has 32 heavy (non-hydrogen) atoms. The average molecular weight is 437 g/mol. The number of likely N-dealkylation sites (tertiary alicyclic amines) is 1. The first-order valence-corrected chi connectivity index (χ1v) is 11.4. The third-order valence-electron chi connectivity index (χ3n) is 7.34. The standard InChI is InChI=1S/C26H29FN2O3/c1-15-11-24(32-2)21(19-7-9-28-25(15)19)14-29-10-8-17(16-3-4-16)13-23(29)18-5-6-20(26(30)31)22(27)12-18/h5-7,9,11-12,16-17,23,28H,3-4,8,10,13-14H2,1-2H3,(H,30,31)/t17-,23+/m1/s1. The number of fused-ring (bicyclic) bond motifs is 1. The number of benzene rings is 2. The first kappa shape index (κ1) is 21.0. The Kier molecular flexibility index (Phi) is 5.41. The number of hydrogen-bond acceptors (Lipinski definition) is 3. The van der Waals surface area contributed by atoms with Crippen molar-refractivity contribution in [2.75, 3.05) is 13.7 Å². The van der Waals surface area contributed by atoms with Gasteiger partial charge in [-0.05, 0) is 86.4 Å².